The molecule has 122 valence electrons. The maximum absolute atomic E-state index is 12.1. The summed E-state index contributed by atoms with van der Waals surface area (Å²) < 4.78 is 1.79. The molecule has 2 aromatic rings. The molecule has 1 aliphatic heterocycles. The summed E-state index contributed by atoms with van der Waals surface area (Å²) in [6.45, 7) is 2.25. The highest BCUT2D eigenvalue weighted by Crippen LogP contribution is 2.15. The molecule has 1 N–H and O–H groups in total. The number of aryl methyl sites for hydroxylation is 1. The summed E-state index contributed by atoms with van der Waals surface area (Å²) >= 11 is 6.00. The van der Waals surface area contributed by atoms with Gasteiger partial charge in [-0.3, -0.25) is 9.48 Å². The molecule has 5 nitrogen and oxygen atoms in total. The number of likely N-dealkylation sites (tertiary alicyclic amines) is 1. The van der Waals surface area contributed by atoms with Crippen molar-refractivity contribution in [3.05, 3.63) is 52.8 Å². The van der Waals surface area contributed by atoms with Gasteiger partial charge in [0.2, 0.25) is 5.91 Å². The van der Waals surface area contributed by atoms with Crippen molar-refractivity contribution in [1.29, 1.82) is 0 Å². The highest BCUT2D eigenvalue weighted by Gasteiger charge is 2.28. The van der Waals surface area contributed by atoms with Gasteiger partial charge in [-0.15, -0.1) is 0 Å². The van der Waals surface area contributed by atoms with Crippen molar-refractivity contribution in [3.63, 3.8) is 0 Å². The third-order valence-corrected chi connectivity index (χ3v) is 4.36. The first-order valence-corrected chi connectivity index (χ1v) is 8.21. The summed E-state index contributed by atoms with van der Waals surface area (Å²) in [6, 6.07) is 8.03. The van der Waals surface area contributed by atoms with Crippen molar-refractivity contribution < 1.29 is 4.79 Å². The fourth-order valence-corrected chi connectivity index (χ4v) is 3.12. The van der Waals surface area contributed by atoms with Gasteiger partial charge in [-0.1, -0.05) is 23.7 Å². The van der Waals surface area contributed by atoms with Crippen LogP contribution in [0.3, 0.4) is 0 Å². The van der Waals surface area contributed by atoms with E-state index in [4.69, 9.17) is 11.6 Å². The Kier molecular flexibility index (Phi) is 4.98. The van der Waals surface area contributed by atoms with Crippen LogP contribution in [0.25, 0.3) is 0 Å². The minimum absolute atomic E-state index is 0.210. The fourth-order valence-electron chi connectivity index (χ4n) is 2.91. The van der Waals surface area contributed by atoms with Gasteiger partial charge in [0.25, 0.3) is 0 Å². The molecule has 0 unspecified atom stereocenters. The van der Waals surface area contributed by atoms with Crippen LogP contribution in [0.4, 0.5) is 0 Å². The predicted octanol–water partition coefficient (Wildman–Crippen LogP) is 2.01. The number of aromatic nitrogens is 2. The van der Waals surface area contributed by atoms with Gasteiger partial charge < -0.3 is 10.2 Å². The molecule has 0 saturated carbocycles. The van der Waals surface area contributed by atoms with Crippen LogP contribution in [-0.4, -0.2) is 39.7 Å². The maximum atomic E-state index is 12.1. The normalized spacial score (nSPS) is 17.9. The van der Waals surface area contributed by atoms with Crippen molar-refractivity contribution in [2.45, 2.75) is 25.4 Å². The topological polar surface area (TPSA) is 50.2 Å². The first-order valence-electron chi connectivity index (χ1n) is 7.83. The maximum Gasteiger partial charge on any atom is 0.224 e. The number of amides is 1. The largest absolute Gasteiger partial charge is 0.341 e. The van der Waals surface area contributed by atoms with Gasteiger partial charge in [0, 0.05) is 55.9 Å². The zero-order valence-corrected chi connectivity index (χ0v) is 14.0. The van der Waals surface area contributed by atoms with Crippen molar-refractivity contribution in [2.24, 2.45) is 7.05 Å². The monoisotopic (exact) mass is 332 g/mol. The lowest BCUT2D eigenvalue weighted by Gasteiger charge is -2.17. The predicted molar refractivity (Wildman–Crippen MR) is 90.2 cm³/mol. The number of halogens is 1. The van der Waals surface area contributed by atoms with Crippen LogP contribution < -0.4 is 5.32 Å². The molecule has 23 heavy (non-hydrogen) atoms. The van der Waals surface area contributed by atoms with E-state index in [1.165, 1.54) is 0 Å². The molecule has 0 bridgehead atoms. The van der Waals surface area contributed by atoms with Crippen LogP contribution in [0.1, 0.15) is 17.5 Å². The van der Waals surface area contributed by atoms with E-state index < -0.39 is 0 Å². The molecule has 6 heteroatoms. The minimum atomic E-state index is 0.210. The smallest absolute Gasteiger partial charge is 0.224 e. The molecular weight excluding hydrogens is 312 g/mol. The molecule has 2 heterocycles. The number of hydrogen-bond donors (Lipinski definition) is 1. The Hall–Kier alpha value is -1.85. The molecule has 1 aromatic heterocycles. The number of hydrogen-bond acceptors (Lipinski definition) is 3. The number of benzene rings is 1. The van der Waals surface area contributed by atoms with Crippen molar-refractivity contribution >= 4 is 17.5 Å². The summed E-state index contributed by atoms with van der Waals surface area (Å²) in [4.78, 5) is 14.1. The number of carbonyl (C=O) groups excluding carboxylic acids is 1. The quantitative estimate of drug-likeness (QED) is 0.880. The number of nitrogens with zero attached hydrogens (tertiary/aromatic N) is 3. The van der Waals surface area contributed by atoms with Gasteiger partial charge in [-0.05, 0) is 24.1 Å². The summed E-state index contributed by atoms with van der Waals surface area (Å²) in [5.41, 5.74) is 2.30. The second kappa shape index (κ2) is 7.15. The summed E-state index contributed by atoms with van der Waals surface area (Å²) in [7, 11) is 1.90. The standard InChI is InChI=1S/C17H21ClN4O/c1-21-11-14(10-20-21)9-19-16-8-17(23)22(12-16)6-5-13-3-2-4-15(18)7-13/h2-4,7,10-11,16,19H,5-6,8-9,12H2,1H3/t16-/m0/s1. The van der Waals surface area contributed by atoms with E-state index in [0.29, 0.717) is 6.42 Å². The van der Waals surface area contributed by atoms with E-state index in [1.54, 1.807) is 4.68 Å². The Morgan fingerprint density at radius 1 is 1.39 bits per heavy atom. The van der Waals surface area contributed by atoms with Crippen LogP contribution in [-0.2, 0) is 24.8 Å². The number of carbonyl (C=O) groups is 1. The third-order valence-electron chi connectivity index (χ3n) is 4.13. The molecule has 3 rings (SSSR count). The number of nitrogens with one attached hydrogen (secondary N) is 1. The Bertz CT molecular complexity index is 685. The molecule has 1 saturated heterocycles. The third kappa shape index (κ3) is 4.33. The average Bonchev–Trinajstić information content (AvgIpc) is 3.09. The van der Waals surface area contributed by atoms with Crippen LogP contribution in [0.15, 0.2) is 36.7 Å². The average molecular weight is 333 g/mol. The van der Waals surface area contributed by atoms with Gasteiger partial charge in [0.05, 0.1) is 6.20 Å². The highest BCUT2D eigenvalue weighted by atomic mass is 35.5. The van der Waals surface area contributed by atoms with Crippen LogP contribution in [0.2, 0.25) is 5.02 Å². The van der Waals surface area contributed by atoms with Crippen LogP contribution in [0, 0.1) is 0 Å². The lowest BCUT2D eigenvalue weighted by atomic mass is 10.1. The molecular formula is C17H21ClN4O. The van der Waals surface area contributed by atoms with E-state index >= 15 is 0 Å². The van der Waals surface area contributed by atoms with E-state index in [9.17, 15) is 4.79 Å². The molecule has 1 atom stereocenters. The molecule has 0 aliphatic carbocycles. The lowest BCUT2D eigenvalue weighted by molar-refractivity contribution is -0.127. The summed E-state index contributed by atoms with van der Waals surface area (Å²) in [5, 5.41) is 8.33. The Morgan fingerprint density at radius 3 is 3.00 bits per heavy atom. The van der Waals surface area contributed by atoms with E-state index in [2.05, 4.69) is 10.4 Å². The highest BCUT2D eigenvalue weighted by molar-refractivity contribution is 6.30. The first kappa shape index (κ1) is 16.0. The SMILES string of the molecule is Cn1cc(CN[C@H]2CC(=O)N(CCc3cccc(Cl)c3)C2)cn1. The Balaban J connectivity index is 1.47. The molecule has 0 spiro atoms. The van der Waals surface area contributed by atoms with E-state index in [0.717, 1.165) is 42.2 Å². The van der Waals surface area contributed by atoms with Crippen molar-refractivity contribution in [3.8, 4) is 0 Å². The molecule has 1 aliphatic rings. The van der Waals surface area contributed by atoms with Crippen LogP contribution >= 0.6 is 11.6 Å². The van der Waals surface area contributed by atoms with E-state index in [1.807, 2.05) is 48.6 Å². The molecule has 1 aromatic carbocycles. The molecule has 1 fully saturated rings. The second-order valence-electron chi connectivity index (χ2n) is 6.02. The number of rotatable bonds is 6. The van der Waals surface area contributed by atoms with Gasteiger partial charge >= 0.3 is 0 Å². The van der Waals surface area contributed by atoms with Gasteiger partial charge in [-0.2, -0.15) is 5.10 Å². The minimum Gasteiger partial charge on any atom is -0.341 e. The second-order valence-corrected chi connectivity index (χ2v) is 6.46. The summed E-state index contributed by atoms with van der Waals surface area (Å²) in [5.74, 6) is 0.218. The lowest BCUT2D eigenvalue weighted by Crippen LogP contribution is -2.33. The first-order chi connectivity index (χ1) is 11.1. The Labute approximate surface area is 141 Å². The van der Waals surface area contributed by atoms with Gasteiger partial charge in [0.1, 0.15) is 0 Å². The fraction of sp³-hybridized carbons (Fsp3) is 0.412. The zero-order chi connectivity index (χ0) is 16.2. The van der Waals surface area contributed by atoms with Gasteiger partial charge in [0.15, 0.2) is 0 Å². The van der Waals surface area contributed by atoms with Crippen molar-refractivity contribution in [1.82, 2.24) is 20.0 Å². The molecule has 0 radical (unpaired) electrons. The molecule has 1 amide bonds. The van der Waals surface area contributed by atoms with E-state index in [-0.39, 0.29) is 11.9 Å². The van der Waals surface area contributed by atoms with Crippen molar-refractivity contribution in [2.75, 3.05) is 13.1 Å². The summed E-state index contributed by atoms with van der Waals surface area (Å²) in [6.07, 6.45) is 5.23. The Morgan fingerprint density at radius 2 is 2.26 bits per heavy atom. The zero-order valence-electron chi connectivity index (χ0n) is 13.2. The van der Waals surface area contributed by atoms with Gasteiger partial charge in [-0.25, -0.2) is 0 Å². The van der Waals surface area contributed by atoms with Crippen LogP contribution in [0.5, 0.6) is 0 Å².